The smallest absolute Gasteiger partial charge is 0.280 e. The molecule has 0 spiro atoms. The van der Waals surface area contributed by atoms with Crippen molar-refractivity contribution >= 4 is 17.8 Å². The van der Waals surface area contributed by atoms with Gasteiger partial charge in [-0.15, -0.1) is 0 Å². The molecule has 7 nitrogen and oxygen atoms in total. The summed E-state index contributed by atoms with van der Waals surface area (Å²) in [5.74, 6) is -0.302. The van der Waals surface area contributed by atoms with E-state index in [-0.39, 0.29) is 18.0 Å². The quantitative estimate of drug-likeness (QED) is 0.464. The fourth-order valence-corrected chi connectivity index (χ4v) is 2.62. The van der Waals surface area contributed by atoms with Crippen LogP contribution in [0.2, 0.25) is 0 Å². The van der Waals surface area contributed by atoms with E-state index in [9.17, 15) is 9.59 Å². The number of amides is 1. The maximum absolute atomic E-state index is 12.5. The van der Waals surface area contributed by atoms with Gasteiger partial charge in [0.1, 0.15) is 0 Å². The van der Waals surface area contributed by atoms with Crippen LogP contribution in [0.1, 0.15) is 16.8 Å². The number of nitrogens with one attached hydrogen (secondary N) is 3. The second-order valence-corrected chi connectivity index (χ2v) is 6.14. The summed E-state index contributed by atoms with van der Waals surface area (Å²) in [7, 11) is 0. The summed E-state index contributed by atoms with van der Waals surface area (Å²) in [6.45, 7) is 3.85. The Morgan fingerprint density at radius 1 is 1.15 bits per heavy atom. The van der Waals surface area contributed by atoms with Crippen molar-refractivity contribution in [3.05, 3.63) is 81.8 Å². The number of rotatable bonds is 6. The molecule has 2 aromatic carbocycles. The number of aromatic nitrogens is 2. The van der Waals surface area contributed by atoms with E-state index >= 15 is 0 Å². The highest BCUT2D eigenvalue weighted by Gasteiger charge is 2.10. The van der Waals surface area contributed by atoms with Crippen molar-refractivity contribution in [2.24, 2.45) is 5.10 Å². The first-order valence-corrected chi connectivity index (χ1v) is 8.54. The Morgan fingerprint density at radius 2 is 1.93 bits per heavy atom. The molecular formula is C20H21N5O2. The molecule has 1 heterocycles. The third kappa shape index (κ3) is 4.52. The van der Waals surface area contributed by atoms with E-state index in [1.54, 1.807) is 6.92 Å². The number of H-pyrrole nitrogens is 1. The number of carbonyl (C=O) groups excluding carboxylic acids is 1. The van der Waals surface area contributed by atoms with Gasteiger partial charge in [-0.1, -0.05) is 30.3 Å². The molecule has 0 unspecified atom stereocenters. The summed E-state index contributed by atoms with van der Waals surface area (Å²) in [6, 6.07) is 17.0. The normalized spacial score (nSPS) is 10.9. The Kier molecular flexibility index (Phi) is 5.51. The molecule has 3 aromatic rings. The molecular weight excluding hydrogens is 342 g/mol. The van der Waals surface area contributed by atoms with Gasteiger partial charge in [0.2, 0.25) is 0 Å². The van der Waals surface area contributed by atoms with Gasteiger partial charge in [0.15, 0.2) is 0 Å². The minimum Gasteiger partial charge on any atom is -0.376 e. The Hall–Kier alpha value is -3.61. The van der Waals surface area contributed by atoms with Gasteiger partial charge in [0.25, 0.3) is 11.5 Å². The fourth-order valence-electron chi connectivity index (χ4n) is 2.62. The number of nitrogens with zero attached hydrogens (tertiary/aromatic N) is 2. The highest BCUT2D eigenvalue weighted by atomic mass is 16.2. The van der Waals surface area contributed by atoms with Gasteiger partial charge in [0.05, 0.1) is 24.0 Å². The number of aryl methyl sites for hydroxylation is 2. The monoisotopic (exact) mass is 363 g/mol. The van der Waals surface area contributed by atoms with Crippen LogP contribution in [0.4, 0.5) is 5.69 Å². The maximum atomic E-state index is 12.5. The number of carbonyl (C=O) groups is 1. The Morgan fingerprint density at radius 3 is 2.67 bits per heavy atom. The van der Waals surface area contributed by atoms with E-state index in [4.69, 9.17) is 0 Å². The van der Waals surface area contributed by atoms with Gasteiger partial charge in [-0.3, -0.25) is 14.7 Å². The molecule has 27 heavy (non-hydrogen) atoms. The van der Waals surface area contributed by atoms with Crippen LogP contribution in [0.3, 0.4) is 0 Å². The van der Waals surface area contributed by atoms with E-state index in [2.05, 4.69) is 20.9 Å². The van der Waals surface area contributed by atoms with Crippen LogP contribution in [-0.2, 0) is 4.79 Å². The number of aromatic amines is 1. The molecule has 0 fully saturated rings. The Labute approximate surface area is 156 Å². The molecule has 138 valence electrons. The van der Waals surface area contributed by atoms with E-state index < -0.39 is 0 Å². The lowest BCUT2D eigenvalue weighted by atomic mass is 10.2. The van der Waals surface area contributed by atoms with Crippen molar-refractivity contribution in [2.45, 2.75) is 13.8 Å². The standard InChI is InChI=1S/C20H21N5O2/c1-14-7-6-8-16(11-14)21-13-19(26)23-22-12-18-15(2)24-25(20(18)27)17-9-4-3-5-10-17/h3-12,21,24H,13H2,1-2H3,(H,23,26)/b22-12-. The van der Waals surface area contributed by atoms with Gasteiger partial charge in [-0.05, 0) is 43.7 Å². The minimum absolute atomic E-state index is 0.0845. The molecule has 0 radical (unpaired) electrons. The average Bonchev–Trinajstić information content (AvgIpc) is 2.95. The molecule has 0 aliphatic heterocycles. The van der Waals surface area contributed by atoms with Gasteiger partial charge in [-0.2, -0.15) is 5.10 Å². The molecule has 0 aliphatic rings. The largest absolute Gasteiger partial charge is 0.376 e. The third-order valence-electron chi connectivity index (χ3n) is 3.99. The minimum atomic E-state index is -0.302. The maximum Gasteiger partial charge on any atom is 0.280 e. The molecule has 7 heteroatoms. The summed E-state index contributed by atoms with van der Waals surface area (Å²) in [5, 5.41) is 9.93. The summed E-state index contributed by atoms with van der Waals surface area (Å²) in [5.41, 5.74) is 5.96. The highest BCUT2D eigenvalue weighted by molar-refractivity contribution is 5.84. The van der Waals surface area contributed by atoms with Crippen molar-refractivity contribution in [3.8, 4) is 5.69 Å². The number of hydrogen-bond acceptors (Lipinski definition) is 4. The van der Waals surface area contributed by atoms with Gasteiger partial charge < -0.3 is 5.32 Å². The molecule has 3 rings (SSSR count). The number of hydrazone groups is 1. The molecule has 0 saturated carbocycles. The fraction of sp³-hybridized carbons (Fsp3) is 0.150. The molecule has 1 amide bonds. The lowest BCUT2D eigenvalue weighted by molar-refractivity contribution is -0.119. The van der Waals surface area contributed by atoms with Crippen LogP contribution >= 0.6 is 0 Å². The first-order valence-electron chi connectivity index (χ1n) is 8.54. The zero-order valence-corrected chi connectivity index (χ0v) is 15.2. The SMILES string of the molecule is Cc1cccc(NCC(=O)N/N=C\c2c(C)[nH]n(-c3ccccc3)c2=O)c1. The summed E-state index contributed by atoms with van der Waals surface area (Å²) in [4.78, 5) is 24.4. The molecule has 3 N–H and O–H groups in total. The highest BCUT2D eigenvalue weighted by Crippen LogP contribution is 2.08. The predicted octanol–water partition coefficient (Wildman–Crippen LogP) is 2.34. The van der Waals surface area contributed by atoms with Crippen molar-refractivity contribution in [2.75, 3.05) is 11.9 Å². The Bertz CT molecular complexity index is 1020. The van der Waals surface area contributed by atoms with Crippen molar-refractivity contribution in [1.82, 2.24) is 15.2 Å². The number of hydrogen-bond donors (Lipinski definition) is 3. The molecule has 1 aromatic heterocycles. The van der Waals surface area contributed by atoms with Crippen LogP contribution < -0.4 is 16.3 Å². The van der Waals surface area contributed by atoms with Crippen LogP contribution in [0.25, 0.3) is 5.69 Å². The molecule has 0 saturated heterocycles. The molecule has 0 aliphatic carbocycles. The summed E-state index contributed by atoms with van der Waals surface area (Å²) < 4.78 is 1.44. The number of benzene rings is 2. The summed E-state index contributed by atoms with van der Waals surface area (Å²) >= 11 is 0. The third-order valence-corrected chi connectivity index (χ3v) is 3.99. The van der Waals surface area contributed by atoms with Crippen molar-refractivity contribution < 1.29 is 4.79 Å². The Balaban J connectivity index is 1.62. The van der Waals surface area contributed by atoms with Gasteiger partial charge in [0, 0.05) is 11.4 Å². The second kappa shape index (κ2) is 8.18. The predicted molar refractivity (Wildman–Crippen MR) is 107 cm³/mol. The number of anilines is 1. The second-order valence-electron chi connectivity index (χ2n) is 6.14. The van der Waals surface area contributed by atoms with Crippen LogP contribution in [-0.4, -0.2) is 28.4 Å². The van der Waals surface area contributed by atoms with Gasteiger partial charge in [-0.25, -0.2) is 10.1 Å². The first-order chi connectivity index (χ1) is 13.0. The van der Waals surface area contributed by atoms with Crippen LogP contribution in [0, 0.1) is 13.8 Å². The van der Waals surface area contributed by atoms with E-state index in [1.807, 2.05) is 61.5 Å². The van der Waals surface area contributed by atoms with Crippen molar-refractivity contribution in [1.29, 1.82) is 0 Å². The lowest BCUT2D eigenvalue weighted by Gasteiger charge is -2.05. The van der Waals surface area contributed by atoms with Crippen molar-refractivity contribution in [3.63, 3.8) is 0 Å². The summed E-state index contributed by atoms with van der Waals surface area (Å²) in [6.07, 6.45) is 1.36. The van der Waals surface area contributed by atoms with Crippen LogP contribution in [0.5, 0.6) is 0 Å². The molecule has 0 atom stereocenters. The zero-order chi connectivity index (χ0) is 19.2. The average molecular weight is 363 g/mol. The van der Waals surface area contributed by atoms with Gasteiger partial charge >= 0.3 is 0 Å². The topological polar surface area (TPSA) is 91.3 Å². The van der Waals surface area contributed by atoms with E-state index in [0.29, 0.717) is 11.3 Å². The first kappa shape index (κ1) is 18.2. The van der Waals surface area contributed by atoms with E-state index in [1.165, 1.54) is 10.9 Å². The van der Waals surface area contributed by atoms with Crippen LogP contribution in [0.15, 0.2) is 64.5 Å². The lowest BCUT2D eigenvalue weighted by Crippen LogP contribution is -2.26. The number of para-hydroxylation sites is 1. The zero-order valence-electron chi connectivity index (χ0n) is 15.2. The molecule has 0 bridgehead atoms. The van der Waals surface area contributed by atoms with E-state index in [0.717, 1.165) is 16.9 Å².